The molecule has 3 heteroatoms. The lowest BCUT2D eigenvalue weighted by atomic mass is 9.99. The van der Waals surface area contributed by atoms with Crippen LogP contribution in [0.25, 0.3) is 0 Å². The van der Waals surface area contributed by atoms with Gasteiger partial charge in [0.2, 0.25) is 0 Å². The van der Waals surface area contributed by atoms with Gasteiger partial charge in [0.05, 0.1) is 7.11 Å². The van der Waals surface area contributed by atoms with Crippen LogP contribution in [0.2, 0.25) is 0 Å². The molecule has 0 radical (unpaired) electrons. The summed E-state index contributed by atoms with van der Waals surface area (Å²) in [4.78, 5) is 0. The van der Waals surface area contributed by atoms with E-state index in [0.717, 1.165) is 23.3 Å². The maximum atomic E-state index is 5.43. The van der Waals surface area contributed by atoms with Crippen molar-refractivity contribution >= 4 is 11.8 Å². The van der Waals surface area contributed by atoms with E-state index in [4.69, 9.17) is 4.74 Å². The van der Waals surface area contributed by atoms with Crippen LogP contribution in [0.15, 0.2) is 12.1 Å². The molecule has 2 nitrogen and oxygen atoms in total. The van der Waals surface area contributed by atoms with Gasteiger partial charge in [0.15, 0.2) is 0 Å². The normalized spacial score (nSPS) is 14.0. The first-order chi connectivity index (χ1) is 10.0. The molecule has 21 heavy (non-hydrogen) atoms. The Balaban J connectivity index is 2.93. The quantitative estimate of drug-likeness (QED) is 0.702. The monoisotopic (exact) mass is 309 g/mol. The third kappa shape index (κ3) is 5.55. The van der Waals surface area contributed by atoms with E-state index in [0.29, 0.717) is 6.04 Å². The third-order valence-corrected chi connectivity index (χ3v) is 5.35. The van der Waals surface area contributed by atoms with E-state index in [9.17, 15) is 0 Å². The number of thioether (sulfide) groups is 1. The number of nitrogens with one attached hydrogen (secondary N) is 1. The Morgan fingerprint density at radius 1 is 1.19 bits per heavy atom. The Kier molecular flexibility index (Phi) is 8.20. The molecule has 0 saturated carbocycles. The second-order valence-corrected chi connectivity index (χ2v) is 7.21. The van der Waals surface area contributed by atoms with E-state index in [1.165, 1.54) is 29.5 Å². The Bertz CT molecular complexity index is 433. The largest absolute Gasteiger partial charge is 0.496 e. The van der Waals surface area contributed by atoms with Gasteiger partial charge in [-0.25, -0.2) is 0 Å². The predicted molar refractivity (Wildman–Crippen MR) is 95.7 cm³/mol. The maximum absolute atomic E-state index is 5.43. The lowest BCUT2D eigenvalue weighted by Gasteiger charge is -2.23. The van der Waals surface area contributed by atoms with Gasteiger partial charge >= 0.3 is 0 Å². The minimum Gasteiger partial charge on any atom is -0.496 e. The molecule has 2 atom stereocenters. The van der Waals surface area contributed by atoms with Gasteiger partial charge in [-0.1, -0.05) is 26.8 Å². The number of hydrogen-bond acceptors (Lipinski definition) is 3. The van der Waals surface area contributed by atoms with Crippen LogP contribution in [-0.2, 0) is 0 Å². The Morgan fingerprint density at radius 3 is 2.48 bits per heavy atom. The second kappa shape index (κ2) is 9.37. The Morgan fingerprint density at radius 2 is 1.90 bits per heavy atom. The highest BCUT2D eigenvalue weighted by Gasteiger charge is 2.16. The van der Waals surface area contributed by atoms with Crippen LogP contribution < -0.4 is 10.1 Å². The minimum atomic E-state index is 0.425. The maximum Gasteiger partial charge on any atom is 0.122 e. The van der Waals surface area contributed by atoms with Crippen molar-refractivity contribution in [2.45, 2.75) is 58.8 Å². The van der Waals surface area contributed by atoms with Gasteiger partial charge < -0.3 is 10.1 Å². The number of ether oxygens (including phenoxy) is 1. The summed E-state index contributed by atoms with van der Waals surface area (Å²) in [5.74, 6) is 2.11. The summed E-state index contributed by atoms with van der Waals surface area (Å²) in [6, 6.07) is 4.88. The number of rotatable bonds is 9. The molecule has 1 aromatic rings. The smallest absolute Gasteiger partial charge is 0.122 e. The molecule has 2 unspecified atom stereocenters. The molecular weight excluding hydrogens is 278 g/mol. The van der Waals surface area contributed by atoms with Crippen LogP contribution in [0.3, 0.4) is 0 Å². The molecule has 1 N–H and O–H groups in total. The molecule has 120 valence electrons. The number of benzene rings is 1. The number of methoxy groups -OCH3 is 1. The highest BCUT2D eigenvalue weighted by molar-refractivity contribution is 7.99. The molecule has 0 amide bonds. The van der Waals surface area contributed by atoms with Gasteiger partial charge in [-0.15, -0.1) is 0 Å². The van der Waals surface area contributed by atoms with E-state index in [2.05, 4.69) is 63.8 Å². The SMILES string of the molecule is CCCNC(CSC(C)CC)c1cc(C)c(OC)cc1C. The number of aryl methyl sites for hydroxylation is 2. The van der Waals surface area contributed by atoms with Crippen LogP contribution in [-0.4, -0.2) is 24.7 Å². The van der Waals surface area contributed by atoms with E-state index in [1.807, 2.05) is 0 Å². The number of hydrogen-bond donors (Lipinski definition) is 1. The van der Waals surface area contributed by atoms with Crippen LogP contribution in [0.5, 0.6) is 5.75 Å². The van der Waals surface area contributed by atoms with Crippen LogP contribution in [0.4, 0.5) is 0 Å². The molecule has 0 aliphatic rings. The molecule has 1 aromatic carbocycles. The summed E-state index contributed by atoms with van der Waals surface area (Å²) in [6.07, 6.45) is 2.39. The summed E-state index contributed by atoms with van der Waals surface area (Å²) in [6.45, 7) is 12.2. The molecule has 0 heterocycles. The highest BCUT2D eigenvalue weighted by Crippen LogP contribution is 2.29. The molecule has 0 aromatic heterocycles. The molecule has 0 fully saturated rings. The molecule has 0 bridgehead atoms. The summed E-state index contributed by atoms with van der Waals surface area (Å²) < 4.78 is 5.43. The van der Waals surface area contributed by atoms with Gasteiger partial charge in [-0.05, 0) is 56.0 Å². The van der Waals surface area contributed by atoms with Crippen LogP contribution in [0, 0.1) is 13.8 Å². The lowest BCUT2D eigenvalue weighted by Crippen LogP contribution is -2.25. The molecule has 0 aliphatic carbocycles. The third-order valence-electron chi connectivity index (χ3n) is 3.92. The van der Waals surface area contributed by atoms with Crippen molar-refractivity contribution in [2.24, 2.45) is 0 Å². The summed E-state index contributed by atoms with van der Waals surface area (Å²) >= 11 is 2.06. The summed E-state index contributed by atoms with van der Waals surface area (Å²) in [5, 5.41) is 4.43. The van der Waals surface area contributed by atoms with Crippen molar-refractivity contribution in [1.29, 1.82) is 0 Å². The first-order valence-electron chi connectivity index (χ1n) is 8.03. The average molecular weight is 310 g/mol. The summed E-state index contributed by atoms with van der Waals surface area (Å²) in [5.41, 5.74) is 3.95. The lowest BCUT2D eigenvalue weighted by molar-refractivity contribution is 0.411. The zero-order chi connectivity index (χ0) is 15.8. The van der Waals surface area contributed by atoms with Gasteiger partial charge in [0.1, 0.15) is 5.75 Å². The predicted octanol–water partition coefficient (Wildman–Crippen LogP) is 4.88. The fourth-order valence-corrected chi connectivity index (χ4v) is 3.42. The Hall–Kier alpha value is -0.670. The highest BCUT2D eigenvalue weighted by atomic mass is 32.2. The zero-order valence-electron chi connectivity index (χ0n) is 14.5. The van der Waals surface area contributed by atoms with Crippen molar-refractivity contribution in [2.75, 3.05) is 19.4 Å². The molecule has 0 aliphatic heterocycles. The van der Waals surface area contributed by atoms with Gasteiger partial charge in [0, 0.05) is 17.0 Å². The van der Waals surface area contributed by atoms with Crippen LogP contribution in [0.1, 0.15) is 56.3 Å². The van der Waals surface area contributed by atoms with Crippen molar-refractivity contribution in [1.82, 2.24) is 5.32 Å². The van der Waals surface area contributed by atoms with E-state index in [-0.39, 0.29) is 0 Å². The van der Waals surface area contributed by atoms with E-state index < -0.39 is 0 Å². The second-order valence-electron chi connectivity index (χ2n) is 5.74. The zero-order valence-corrected chi connectivity index (χ0v) is 15.3. The van der Waals surface area contributed by atoms with Crippen molar-refractivity contribution < 1.29 is 4.74 Å². The van der Waals surface area contributed by atoms with Crippen molar-refractivity contribution in [3.8, 4) is 5.75 Å². The van der Waals surface area contributed by atoms with E-state index in [1.54, 1.807) is 7.11 Å². The first kappa shape index (κ1) is 18.4. The van der Waals surface area contributed by atoms with Crippen molar-refractivity contribution in [3.63, 3.8) is 0 Å². The fourth-order valence-electron chi connectivity index (χ4n) is 2.36. The summed E-state index contributed by atoms with van der Waals surface area (Å²) in [7, 11) is 1.74. The van der Waals surface area contributed by atoms with Crippen molar-refractivity contribution in [3.05, 3.63) is 28.8 Å². The molecule has 0 spiro atoms. The fraction of sp³-hybridized carbons (Fsp3) is 0.667. The Labute approximate surface area is 135 Å². The first-order valence-corrected chi connectivity index (χ1v) is 9.08. The molecule has 1 rings (SSSR count). The van der Waals surface area contributed by atoms with Crippen LogP contribution >= 0.6 is 11.8 Å². The van der Waals surface area contributed by atoms with Gasteiger partial charge in [-0.2, -0.15) is 11.8 Å². The van der Waals surface area contributed by atoms with Gasteiger partial charge in [-0.3, -0.25) is 0 Å². The average Bonchev–Trinajstić information content (AvgIpc) is 2.49. The van der Waals surface area contributed by atoms with E-state index >= 15 is 0 Å². The molecular formula is C18H31NOS. The topological polar surface area (TPSA) is 21.3 Å². The van der Waals surface area contributed by atoms with Gasteiger partial charge in [0.25, 0.3) is 0 Å². The minimum absolute atomic E-state index is 0.425. The standard InChI is InChI=1S/C18H31NOS/c1-7-9-19-17(12-21-15(5)8-2)16-10-14(4)18(20-6)11-13(16)3/h10-11,15,17,19H,7-9,12H2,1-6H3. The molecule has 0 saturated heterocycles.